The predicted octanol–water partition coefficient (Wildman–Crippen LogP) is 1.27. The van der Waals surface area contributed by atoms with Crippen LogP contribution in [0.1, 0.15) is 10.4 Å². The van der Waals surface area contributed by atoms with Crippen molar-refractivity contribution in [2.45, 2.75) is 0 Å². The van der Waals surface area contributed by atoms with Gasteiger partial charge in [-0.05, 0) is 24.3 Å². The molecule has 0 unspecified atom stereocenters. The van der Waals surface area contributed by atoms with E-state index in [4.69, 9.17) is 0 Å². The fraction of sp³-hybridized carbons (Fsp3) is 0. The van der Waals surface area contributed by atoms with Gasteiger partial charge in [-0.2, -0.15) is 0 Å². The Balaban J connectivity index is 2.11. The molecule has 0 spiro atoms. The molecule has 1 amide bonds. The van der Waals surface area contributed by atoms with Crippen molar-refractivity contribution in [2.24, 2.45) is 0 Å². The molecule has 2 aromatic heterocycles. The standard InChI is InChI=1S/C10H9N3O/c14-10(9-4-3-5-11-8-9)12-13-6-1-2-7-13/h1-8H,(H,12,14). The molecule has 4 heteroatoms. The van der Waals surface area contributed by atoms with Gasteiger partial charge in [-0.15, -0.1) is 0 Å². The number of aromatic nitrogens is 2. The van der Waals surface area contributed by atoms with Gasteiger partial charge in [-0.1, -0.05) is 0 Å². The van der Waals surface area contributed by atoms with E-state index in [9.17, 15) is 4.79 Å². The molecule has 4 nitrogen and oxygen atoms in total. The fourth-order valence-electron chi connectivity index (χ4n) is 1.09. The molecule has 0 saturated heterocycles. The van der Waals surface area contributed by atoms with Crippen molar-refractivity contribution in [1.82, 2.24) is 9.66 Å². The average molecular weight is 187 g/mol. The second-order valence-corrected chi connectivity index (χ2v) is 2.77. The van der Waals surface area contributed by atoms with Crippen molar-refractivity contribution in [3.63, 3.8) is 0 Å². The van der Waals surface area contributed by atoms with Crippen LogP contribution in [0.15, 0.2) is 49.1 Å². The van der Waals surface area contributed by atoms with E-state index in [0.717, 1.165) is 0 Å². The predicted molar refractivity (Wildman–Crippen MR) is 52.4 cm³/mol. The van der Waals surface area contributed by atoms with Gasteiger partial charge >= 0.3 is 0 Å². The Morgan fingerprint density at radius 2 is 2.07 bits per heavy atom. The first kappa shape index (κ1) is 8.50. The molecule has 0 fully saturated rings. The van der Waals surface area contributed by atoms with Gasteiger partial charge in [-0.3, -0.25) is 19.9 Å². The molecule has 1 N–H and O–H groups in total. The lowest BCUT2D eigenvalue weighted by molar-refractivity contribution is 0.101. The highest BCUT2D eigenvalue weighted by Gasteiger charge is 2.03. The second kappa shape index (κ2) is 3.74. The summed E-state index contributed by atoms with van der Waals surface area (Å²) in [6.45, 7) is 0. The summed E-state index contributed by atoms with van der Waals surface area (Å²) >= 11 is 0. The van der Waals surface area contributed by atoms with Crippen LogP contribution in [0.5, 0.6) is 0 Å². The van der Waals surface area contributed by atoms with Gasteiger partial charge in [-0.25, -0.2) is 0 Å². The molecule has 0 radical (unpaired) electrons. The van der Waals surface area contributed by atoms with Gasteiger partial charge < -0.3 is 0 Å². The van der Waals surface area contributed by atoms with E-state index in [1.807, 2.05) is 12.1 Å². The first-order chi connectivity index (χ1) is 6.86. The molecule has 0 aliphatic carbocycles. The van der Waals surface area contributed by atoms with E-state index >= 15 is 0 Å². The molecule has 0 aliphatic rings. The van der Waals surface area contributed by atoms with Crippen molar-refractivity contribution in [3.8, 4) is 0 Å². The van der Waals surface area contributed by atoms with Crippen LogP contribution in [0.25, 0.3) is 0 Å². The minimum Gasteiger partial charge on any atom is -0.268 e. The third-order valence-electron chi connectivity index (χ3n) is 1.76. The smallest absolute Gasteiger partial charge is 0.268 e. The lowest BCUT2D eigenvalue weighted by Crippen LogP contribution is -2.21. The van der Waals surface area contributed by atoms with Crippen LogP contribution >= 0.6 is 0 Å². The quantitative estimate of drug-likeness (QED) is 0.769. The average Bonchev–Trinajstić information content (AvgIpc) is 2.72. The Hall–Kier alpha value is -2.10. The number of nitrogens with zero attached hydrogens (tertiary/aromatic N) is 2. The van der Waals surface area contributed by atoms with Crippen LogP contribution < -0.4 is 5.43 Å². The minimum absolute atomic E-state index is 0.172. The first-order valence-electron chi connectivity index (χ1n) is 4.20. The normalized spacial score (nSPS) is 9.71. The van der Waals surface area contributed by atoms with Gasteiger partial charge in [0.2, 0.25) is 0 Å². The summed E-state index contributed by atoms with van der Waals surface area (Å²) in [6, 6.07) is 7.11. The molecule has 0 aliphatic heterocycles. The Kier molecular flexibility index (Phi) is 2.27. The van der Waals surface area contributed by atoms with Crippen LogP contribution in [0.3, 0.4) is 0 Å². The minimum atomic E-state index is -0.172. The van der Waals surface area contributed by atoms with Crippen LogP contribution in [-0.4, -0.2) is 15.6 Å². The second-order valence-electron chi connectivity index (χ2n) is 2.77. The summed E-state index contributed by atoms with van der Waals surface area (Å²) in [5.41, 5.74) is 3.22. The lowest BCUT2D eigenvalue weighted by atomic mass is 10.3. The highest BCUT2D eigenvalue weighted by molar-refractivity contribution is 5.99. The summed E-state index contributed by atoms with van der Waals surface area (Å²) in [6.07, 6.45) is 6.67. The first-order valence-corrected chi connectivity index (χ1v) is 4.20. The molecule has 2 rings (SSSR count). The SMILES string of the molecule is O=C(Nn1cccc1)c1cccnc1. The van der Waals surface area contributed by atoms with Crippen molar-refractivity contribution in [1.29, 1.82) is 0 Å². The molecule has 0 aromatic carbocycles. The number of rotatable bonds is 2. The number of hydrogen-bond acceptors (Lipinski definition) is 2. The number of pyridine rings is 1. The number of carbonyl (C=O) groups excluding carboxylic acids is 1. The van der Waals surface area contributed by atoms with Crippen molar-refractivity contribution < 1.29 is 4.79 Å². The number of amides is 1. The van der Waals surface area contributed by atoms with E-state index in [1.165, 1.54) is 6.20 Å². The third-order valence-corrected chi connectivity index (χ3v) is 1.76. The Labute approximate surface area is 81.2 Å². The van der Waals surface area contributed by atoms with E-state index < -0.39 is 0 Å². The maximum Gasteiger partial charge on any atom is 0.271 e. The molecule has 0 atom stereocenters. The summed E-state index contributed by atoms with van der Waals surface area (Å²) in [7, 11) is 0. The zero-order valence-corrected chi connectivity index (χ0v) is 7.42. The number of carbonyl (C=O) groups is 1. The summed E-state index contributed by atoms with van der Waals surface area (Å²) in [5.74, 6) is -0.172. The van der Waals surface area contributed by atoms with Gasteiger partial charge in [0.05, 0.1) is 5.56 Å². The van der Waals surface area contributed by atoms with Crippen LogP contribution in [0.2, 0.25) is 0 Å². The Morgan fingerprint density at radius 1 is 1.29 bits per heavy atom. The van der Waals surface area contributed by atoms with E-state index in [1.54, 1.807) is 35.4 Å². The van der Waals surface area contributed by atoms with Crippen molar-refractivity contribution in [2.75, 3.05) is 5.43 Å². The number of nitrogens with one attached hydrogen (secondary N) is 1. The lowest BCUT2D eigenvalue weighted by Gasteiger charge is -2.04. The highest BCUT2D eigenvalue weighted by atomic mass is 16.2. The zero-order valence-electron chi connectivity index (χ0n) is 7.42. The van der Waals surface area contributed by atoms with E-state index in [2.05, 4.69) is 10.4 Å². The molecule has 2 heterocycles. The summed E-state index contributed by atoms with van der Waals surface area (Å²) in [4.78, 5) is 15.4. The van der Waals surface area contributed by atoms with Crippen LogP contribution in [0, 0.1) is 0 Å². The molecular weight excluding hydrogens is 178 g/mol. The van der Waals surface area contributed by atoms with E-state index in [-0.39, 0.29) is 5.91 Å². The number of hydrogen-bond donors (Lipinski definition) is 1. The van der Waals surface area contributed by atoms with E-state index in [0.29, 0.717) is 5.56 Å². The fourth-order valence-corrected chi connectivity index (χ4v) is 1.09. The van der Waals surface area contributed by atoms with Crippen LogP contribution in [0.4, 0.5) is 0 Å². The Bertz CT molecular complexity index is 408. The Morgan fingerprint density at radius 3 is 2.71 bits per heavy atom. The summed E-state index contributed by atoms with van der Waals surface area (Å²) < 4.78 is 1.59. The van der Waals surface area contributed by atoms with Gasteiger partial charge in [0, 0.05) is 24.8 Å². The molecule has 0 saturated carbocycles. The van der Waals surface area contributed by atoms with Crippen LogP contribution in [-0.2, 0) is 0 Å². The maximum atomic E-state index is 11.5. The summed E-state index contributed by atoms with van der Waals surface area (Å²) in [5, 5.41) is 0. The highest BCUT2D eigenvalue weighted by Crippen LogP contribution is 1.96. The van der Waals surface area contributed by atoms with Crippen molar-refractivity contribution >= 4 is 5.91 Å². The van der Waals surface area contributed by atoms with Gasteiger partial charge in [0.15, 0.2) is 0 Å². The molecular formula is C10H9N3O. The van der Waals surface area contributed by atoms with Gasteiger partial charge in [0.25, 0.3) is 5.91 Å². The molecule has 0 bridgehead atoms. The van der Waals surface area contributed by atoms with Gasteiger partial charge in [0.1, 0.15) is 0 Å². The molecule has 14 heavy (non-hydrogen) atoms. The molecule has 70 valence electrons. The third kappa shape index (κ3) is 1.80. The monoisotopic (exact) mass is 187 g/mol. The zero-order chi connectivity index (χ0) is 9.80. The van der Waals surface area contributed by atoms with Crippen molar-refractivity contribution in [3.05, 3.63) is 54.6 Å². The largest absolute Gasteiger partial charge is 0.271 e. The maximum absolute atomic E-state index is 11.5. The topological polar surface area (TPSA) is 46.9 Å². The molecule has 2 aromatic rings.